The second-order valence-corrected chi connectivity index (χ2v) is 4.57. The molecule has 0 unspecified atom stereocenters. The number of carbonyl (C=O) groups excluding carboxylic acids is 1. The Labute approximate surface area is 107 Å². The highest BCUT2D eigenvalue weighted by Gasteiger charge is 2.49. The zero-order chi connectivity index (χ0) is 13.2. The van der Waals surface area contributed by atoms with Gasteiger partial charge in [-0.05, 0) is 20.3 Å². The molecular formula is C14H18O4. The van der Waals surface area contributed by atoms with E-state index in [0.717, 1.165) is 6.42 Å². The Bertz CT molecular complexity index is 405. The smallest absolute Gasteiger partial charge is 0.371 e. The fourth-order valence-electron chi connectivity index (χ4n) is 2.30. The molecule has 0 radical (unpaired) electrons. The molecule has 1 fully saturated rings. The first-order valence-corrected chi connectivity index (χ1v) is 6.08. The summed E-state index contributed by atoms with van der Waals surface area (Å²) in [5.41, 5.74) is 0.662. The summed E-state index contributed by atoms with van der Waals surface area (Å²) in [6, 6.07) is 9.18. The maximum atomic E-state index is 12.1. The molecule has 0 aromatic heterocycles. The Morgan fingerprint density at radius 1 is 1.22 bits per heavy atom. The van der Waals surface area contributed by atoms with Crippen LogP contribution in [0.25, 0.3) is 0 Å². The lowest BCUT2D eigenvalue weighted by Crippen LogP contribution is -2.50. The van der Waals surface area contributed by atoms with E-state index in [-0.39, 0.29) is 12.2 Å². The van der Waals surface area contributed by atoms with Crippen LogP contribution < -0.4 is 0 Å². The molecule has 1 saturated heterocycles. The molecule has 0 amide bonds. The van der Waals surface area contributed by atoms with Crippen molar-refractivity contribution in [1.82, 2.24) is 0 Å². The van der Waals surface area contributed by atoms with Gasteiger partial charge in [-0.15, -0.1) is 0 Å². The van der Waals surface area contributed by atoms with E-state index in [1.807, 2.05) is 44.2 Å². The van der Waals surface area contributed by atoms with E-state index in [2.05, 4.69) is 0 Å². The lowest BCUT2D eigenvalue weighted by Gasteiger charge is -2.40. The first-order valence-electron chi connectivity index (χ1n) is 6.08. The van der Waals surface area contributed by atoms with Crippen LogP contribution in [0, 0.1) is 0 Å². The number of rotatable bonds is 2. The molecule has 0 N–H and O–H groups in total. The van der Waals surface area contributed by atoms with E-state index in [9.17, 15) is 4.79 Å². The summed E-state index contributed by atoms with van der Waals surface area (Å²) in [6.45, 7) is 3.86. The van der Waals surface area contributed by atoms with E-state index in [1.54, 1.807) is 0 Å². The molecule has 1 aliphatic rings. The van der Waals surface area contributed by atoms with Gasteiger partial charge in [0.05, 0.1) is 19.3 Å². The predicted molar refractivity (Wildman–Crippen MR) is 65.8 cm³/mol. The van der Waals surface area contributed by atoms with Gasteiger partial charge in [0.25, 0.3) is 5.79 Å². The van der Waals surface area contributed by atoms with Crippen molar-refractivity contribution in [1.29, 1.82) is 0 Å². The van der Waals surface area contributed by atoms with Gasteiger partial charge in [0.1, 0.15) is 0 Å². The Morgan fingerprint density at radius 3 is 2.28 bits per heavy atom. The average molecular weight is 250 g/mol. The largest absolute Gasteiger partial charge is 0.465 e. The van der Waals surface area contributed by atoms with Gasteiger partial charge in [0.2, 0.25) is 0 Å². The Hall–Kier alpha value is -1.39. The molecule has 98 valence electrons. The van der Waals surface area contributed by atoms with Crippen molar-refractivity contribution in [2.45, 2.75) is 38.3 Å². The molecule has 0 aliphatic carbocycles. The highest BCUT2D eigenvalue weighted by molar-refractivity contribution is 5.79. The van der Waals surface area contributed by atoms with Gasteiger partial charge in [0.15, 0.2) is 0 Å². The second kappa shape index (κ2) is 5.08. The molecule has 0 saturated carbocycles. The van der Waals surface area contributed by atoms with Crippen molar-refractivity contribution in [2.75, 3.05) is 7.11 Å². The molecule has 4 heteroatoms. The Kier molecular flexibility index (Phi) is 3.68. The molecule has 0 bridgehead atoms. The summed E-state index contributed by atoms with van der Waals surface area (Å²) >= 11 is 0. The maximum absolute atomic E-state index is 12.1. The zero-order valence-electron chi connectivity index (χ0n) is 10.9. The minimum Gasteiger partial charge on any atom is -0.465 e. The summed E-state index contributed by atoms with van der Waals surface area (Å²) in [7, 11) is 1.34. The van der Waals surface area contributed by atoms with Crippen molar-refractivity contribution < 1.29 is 19.0 Å². The summed E-state index contributed by atoms with van der Waals surface area (Å²) in [5.74, 6) is -1.96. The van der Waals surface area contributed by atoms with Gasteiger partial charge in [-0.3, -0.25) is 0 Å². The van der Waals surface area contributed by atoms with E-state index < -0.39 is 11.8 Å². The normalized spacial score (nSPS) is 31.9. The van der Waals surface area contributed by atoms with Crippen LogP contribution in [0.1, 0.15) is 25.8 Å². The van der Waals surface area contributed by atoms with Crippen molar-refractivity contribution in [2.24, 2.45) is 0 Å². The van der Waals surface area contributed by atoms with Gasteiger partial charge in [-0.2, -0.15) is 0 Å². The van der Waals surface area contributed by atoms with Crippen LogP contribution in [0.5, 0.6) is 0 Å². The molecule has 4 nitrogen and oxygen atoms in total. The van der Waals surface area contributed by atoms with Crippen LogP contribution in [0.4, 0.5) is 0 Å². The zero-order valence-corrected chi connectivity index (χ0v) is 10.9. The van der Waals surface area contributed by atoms with Gasteiger partial charge >= 0.3 is 5.97 Å². The molecule has 0 spiro atoms. The Morgan fingerprint density at radius 2 is 1.78 bits per heavy atom. The summed E-state index contributed by atoms with van der Waals surface area (Å²) in [4.78, 5) is 12.1. The average Bonchev–Trinajstić information content (AvgIpc) is 2.37. The minimum atomic E-state index is -1.44. The number of ether oxygens (including phenoxy) is 3. The first kappa shape index (κ1) is 13.1. The first-order chi connectivity index (χ1) is 8.58. The fourth-order valence-corrected chi connectivity index (χ4v) is 2.30. The third-order valence-electron chi connectivity index (χ3n) is 3.01. The van der Waals surface area contributed by atoms with Crippen LogP contribution in [-0.2, 0) is 24.8 Å². The molecule has 2 rings (SSSR count). The summed E-state index contributed by atoms with van der Waals surface area (Å²) in [5, 5.41) is 0. The predicted octanol–water partition coefficient (Wildman–Crippen LogP) is 2.23. The lowest BCUT2D eigenvalue weighted by molar-refractivity contribution is -0.312. The standard InChI is InChI=1S/C14H18O4/c1-10-9-11(2)18-14(17-10,13(15)16-3)12-7-5-4-6-8-12/h4-8,10-11H,9H2,1-3H3/t10-,11-/m1/s1. The number of hydrogen-bond acceptors (Lipinski definition) is 4. The van der Waals surface area contributed by atoms with Crippen LogP contribution in [0.2, 0.25) is 0 Å². The quantitative estimate of drug-likeness (QED) is 0.755. The van der Waals surface area contributed by atoms with Crippen LogP contribution in [-0.4, -0.2) is 25.3 Å². The van der Waals surface area contributed by atoms with Crippen LogP contribution >= 0.6 is 0 Å². The van der Waals surface area contributed by atoms with Gasteiger partial charge < -0.3 is 14.2 Å². The van der Waals surface area contributed by atoms with E-state index in [4.69, 9.17) is 14.2 Å². The fraction of sp³-hybridized carbons (Fsp3) is 0.500. The number of esters is 1. The van der Waals surface area contributed by atoms with Crippen LogP contribution in [0.15, 0.2) is 30.3 Å². The molecule has 2 atom stereocenters. The number of carbonyl (C=O) groups is 1. The van der Waals surface area contributed by atoms with Crippen molar-refractivity contribution in [3.63, 3.8) is 0 Å². The molecule has 1 aromatic carbocycles. The van der Waals surface area contributed by atoms with Gasteiger partial charge in [-0.1, -0.05) is 30.3 Å². The van der Waals surface area contributed by atoms with Crippen molar-refractivity contribution >= 4 is 5.97 Å². The summed E-state index contributed by atoms with van der Waals surface area (Å²) in [6.07, 6.45) is 0.632. The second-order valence-electron chi connectivity index (χ2n) is 4.57. The van der Waals surface area contributed by atoms with Gasteiger partial charge in [-0.25, -0.2) is 4.79 Å². The Balaban J connectivity index is 2.44. The number of methoxy groups -OCH3 is 1. The molecular weight excluding hydrogens is 232 g/mol. The molecule has 1 aromatic rings. The highest BCUT2D eigenvalue weighted by Crippen LogP contribution is 2.36. The molecule has 1 aliphatic heterocycles. The van der Waals surface area contributed by atoms with E-state index in [0.29, 0.717) is 5.56 Å². The van der Waals surface area contributed by atoms with Crippen molar-refractivity contribution in [3.05, 3.63) is 35.9 Å². The van der Waals surface area contributed by atoms with Crippen molar-refractivity contribution in [3.8, 4) is 0 Å². The molecule has 18 heavy (non-hydrogen) atoms. The highest BCUT2D eigenvalue weighted by atomic mass is 16.7. The minimum absolute atomic E-state index is 0.0620. The topological polar surface area (TPSA) is 44.8 Å². The molecule has 1 heterocycles. The SMILES string of the molecule is COC(=O)C1(c2ccccc2)O[C@H](C)C[C@@H](C)O1. The van der Waals surface area contributed by atoms with E-state index >= 15 is 0 Å². The van der Waals surface area contributed by atoms with Crippen LogP contribution in [0.3, 0.4) is 0 Å². The maximum Gasteiger partial charge on any atom is 0.371 e. The third kappa shape index (κ3) is 2.26. The summed E-state index contributed by atoms with van der Waals surface area (Å²) < 4.78 is 16.4. The number of benzene rings is 1. The monoisotopic (exact) mass is 250 g/mol. The number of hydrogen-bond donors (Lipinski definition) is 0. The lowest BCUT2D eigenvalue weighted by atomic mass is 10.0. The third-order valence-corrected chi connectivity index (χ3v) is 3.01. The van der Waals surface area contributed by atoms with Gasteiger partial charge in [0, 0.05) is 5.56 Å². The van der Waals surface area contributed by atoms with E-state index in [1.165, 1.54) is 7.11 Å².